The summed E-state index contributed by atoms with van der Waals surface area (Å²) in [4.78, 5) is 11.0. The molecule has 1 heterocycles. The lowest BCUT2D eigenvalue weighted by Gasteiger charge is -2.03. The fourth-order valence-electron chi connectivity index (χ4n) is 1.02. The van der Waals surface area contributed by atoms with Gasteiger partial charge in [-0.25, -0.2) is 0 Å². The third kappa shape index (κ3) is 3.47. The Hall–Kier alpha value is -1.52. The maximum absolute atomic E-state index is 11.0. The number of ether oxygens (including phenoxy) is 1. The predicted molar refractivity (Wildman–Crippen MR) is 52.0 cm³/mol. The van der Waals surface area contributed by atoms with E-state index >= 15 is 0 Å². The van der Waals surface area contributed by atoms with Crippen LogP contribution >= 0.6 is 0 Å². The Morgan fingerprint density at radius 3 is 3.07 bits per heavy atom. The molecule has 0 atom stereocenters. The Morgan fingerprint density at radius 2 is 2.50 bits per heavy atom. The molecule has 0 unspecified atom stereocenters. The van der Waals surface area contributed by atoms with Gasteiger partial charge in [-0.05, 0) is 6.92 Å². The summed E-state index contributed by atoms with van der Waals surface area (Å²) in [5.74, 6) is 0.702. The topological polar surface area (TPSA) is 56.1 Å². The number of hydrogen-bond acceptors (Lipinski definition) is 3. The molecule has 78 valence electrons. The van der Waals surface area contributed by atoms with Gasteiger partial charge in [-0.1, -0.05) is 0 Å². The molecule has 0 aliphatic heterocycles. The highest BCUT2D eigenvalue weighted by Gasteiger charge is 2.00. The highest BCUT2D eigenvalue weighted by molar-refractivity contribution is 5.75. The molecular weight excluding hydrogens is 182 g/mol. The molecule has 0 aromatic carbocycles. The Morgan fingerprint density at radius 1 is 1.71 bits per heavy atom. The highest BCUT2D eigenvalue weighted by atomic mass is 16.5. The van der Waals surface area contributed by atoms with E-state index in [1.54, 1.807) is 17.1 Å². The zero-order valence-corrected chi connectivity index (χ0v) is 8.49. The maximum atomic E-state index is 11.0. The molecule has 1 aromatic rings. The van der Waals surface area contributed by atoms with Gasteiger partial charge in [-0.15, -0.1) is 0 Å². The lowest BCUT2D eigenvalue weighted by atomic mass is 10.4. The van der Waals surface area contributed by atoms with Gasteiger partial charge in [-0.3, -0.25) is 9.48 Å². The van der Waals surface area contributed by atoms with Crippen LogP contribution in [0.3, 0.4) is 0 Å². The Kier molecular flexibility index (Phi) is 3.97. The number of nitrogens with one attached hydrogen (secondary N) is 1. The zero-order valence-electron chi connectivity index (χ0n) is 8.49. The average molecular weight is 197 g/mol. The molecule has 1 N–H and O–H groups in total. The molecule has 0 bridgehead atoms. The van der Waals surface area contributed by atoms with Gasteiger partial charge in [0.25, 0.3) is 0 Å². The minimum atomic E-state index is 0.0105. The zero-order chi connectivity index (χ0) is 10.4. The molecule has 0 aliphatic carbocycles. The first-order valence-corrected chi connectivity index (χ1v) is 4.60. The van der Waals surface area contributed by atoms with Gasteiger partial charge in [0.1, 0.15) is 0 Å². The van der Waals surface area contributed by atoms with E-state index in [1.807, 2.05) is 14.0 Å². The molecule has 0 aliphatic rings. The van der Waals surface area contributed by atoms with Gasteiger partial charge in [0, 0.05) is 13.6 Å². The summed E-state index contributed by atoms with van der Waals surface area (Å²) in [6.45, 7) is 2.93. The third-order valence-corrected chi connectivity index (χ3v) is 1.65. The van der Waals surface area contributed by atoms with Crippen molar-refractivity contribution in [3.8, 4) is 5.75 Å². The molecule has 14 heavy (non-hydrogen) atoms. The quantitative estimate of drug-likeness (QED) is 0.739. The molecular formula is C9H15N3O2. The second kappa shape index (κ2) is 5.26. The first-order chi connectivity index (χ1) is 6.72. The van der Waals surface area contributed by atoms with E-state index in [9.17, 15) is 4.79 Å². The van der Waals surface area contributed by atoms with Gasteiger partial charge in [0.2, 0.25) is 5.91 Å². The fourth-order valence-corrected chi connectivity index (χ4v) is 1.02. The van der Waals surface area contributed by atoms with E-state index < -0.39 is 0 Å². The van der Waals surface area contributed by atoms with Crippen molar-refractivity contribution in [2.24, 2.45) is 7.05 Å². The van der Waals surface area contributed by atoms with Crippen molar-refractivity contribution in [2.45, 2.75) is 13.3 Å². The van der Waals surface area contributed by atoms with Gasteiger partial charge >= 0.3 is 0 Å². The molecule has 1 amide bonds. The fraction of sp³-hybridized carbons (Fsp3) is 0.556. The van der Waals surface area contributed by atoms with Crippen LogP contribution in [0.1, 0.15) is 13.3 Å². The van der Waals surface area contributed by atoms with Crippen molar-refractivity contribution < 1.29 is 9.53 Å². The average Bonchev–Trinajstić information content (AvgIpc) is 2.52. The second-order valence-electron chi connectivity index (χ2n) is 2.90. The largest absolute Gasteiger partial charge is 0.490 e. The number of nitrogens with zero attached hydrogens (tertiary/aromatic N) is 2. The minimum absolute atomic E-state index is 0.0105. The number of rotatable bonds is 5. The lowest BCUT2D eigenvalue weighted by Crippen LogP contribution is -2.24. The van der Waals surface area contributed by atoms with Crippen LogP contribution in [-0.4, -0.2) is 28.8 Å². The molecule has 0 saturated carbocycles. The Labute approximate surface area is 83.1 Å². The predicted octanol–water partition coefficient (Wildman–Crippen LogP) is 0.325. The maximum Gasteiger partial charge on any atom is 0.223 e. The van der Waals surface area contributed by atoms with Crippen LogP contribution in [0.5, 0.6) is 5.75 Å². The van der Waals surface area contributed by atoms with E-state index in [0.29, 0.717) is 25.3 Å². The summed E-state index contributed by atoms with van der Waals surface area (Å²) in [6, 6.07) is 0. The lowest BCUT2D eigenvalue weighted by molar-refractivity contribution is -0.121. The van der Waals surface area contributed by atoms with Gasteiger partial charge < -0.3 is 10.1 Å². The van der Waals surface area contributed by atoms with Crippen LogP contribution in [0.2, 0.25) is 0 Å². The standard InChI is InChI=1S/C9H15N3O2/c1-3-10-9(13)4-5-14-8-6-11-12(2)7-8/h6-7H,3-5H2,1-2H3,(H,10,13). The summed E-state index contributed by atoms with van der Waals surface area (Å²) in [5.41, 5.74) is 0. The number of hydrogen-bond donors (Lipinski definition) is 1. The molecule has 0 radical (unpaired) electrons. The summed E-state index contributed by atoms with van der Waals surface area (Å²) < 4.78 is 6.95. The van der Waals surface area contributed by atoms with Gasteiger partial charge in [0.05, 0.1) is 25.4 Å². The van der Waals surface area contributed by atoms with E-state index in [-0.39, 0.29) is 5.91 Å². The van der Waals surface area contributed by atoms with Crippen LogP contribution in [0.4, 0.5) is 0 Å². The second-order valence-corrected chi connectivity index (χ2v) is 2.90. The molecule has 5 nitrogen and oxygen atoms in total. The first kappa shape index (κ1) is 10.6. The van der Waals surface area contributed by atoms with Crippen LogP contribution < -0.4 is 10.1 Å². The van der Waals surface area contributed by atoms with Crippen LogP contribution in [0, 0.1) is 0 Å². The van der Waals surface area contributed by atoms with Crippen LogP contribution in [0.25, 0.3) is 0 Å². The molecule has 0 saturated heterocycles. The molecule has 0 spiro atoms. The van der Waals surface area contributed by atoms with E-state index in [1.165, 1.54) is 0 Å². The Bertz CT molecular complexity index is 296. The number of carbonyl (C=O) groups excluding carboxylic acids is 1. The molecule has 1 aromatic heterocycles. The molecule has 1 rings (SSSR count). The summed E-state index contributed by atoms with van der Waals surface area (Å²) in [7, 11) is 1.82. The van der Waals surface area contributed by atoms with E-state index in [2.05, 4.69) is 10.4 Å². The van der Waals surface area contributed by atoms with Crippen molar-refractivity contribution in [1.29, 1.82) is 0 Å². The number of aryl methyl sites for hydroxylation is 1. The summed E-state index contributed by atoms with van der Waals surface area (Å²) in [6.07, 6.45) is 3.76. The van der Waals surface area contributed by atoms with Crippen molar-refractivity contribution in [1.82, 2.24) is 15.1 Å². The van der Waals surface area contributed by atoms with Gasteiger partial charge in [0.15, 0.2) is 5.75 Å². The number of amides is 1. The minimum Gasteiger partial charge on any atom is -0.490 e. The van der Waals surface area contributed by atoms with Crippen LogP contribution in [0.15, 0.2) is 12.4 Å². The van der Waals surface area contributed by atoms with Gasteiger partial charge in [-0.2, -0.15) is 5.10 Å². The molecule has 0 fully saturated rings. The van der Waals surface area contributed by atoms with Crippen LogP contribution in [-0.2, 0) is 11.8 Å². The number of carbonyl (C=O) groups is 1. The molecule has 5 heteroatoms. The summed E-state index contributed by atoms with van der Waals surface area (Å²) >= 11 is 0. The monoisotopic (exact) mass is 197 g/mol. The van der Waals surface area contributed by atoms with E-state index in [0.717, 1.165) is 0 Å². The summed E-state index contributed by atoms with van der Waals surface area (Å²) in [5, 5.41) is 6.64. The van der Waals surface area contributed by atoms with Crippen molar-refractivity contribution in [3.05, 3.63) is 12.4 Å². The van der Waals surface area contributed by atoms with E-state index in [4.69, 9.17) is 4.74 Å². The van der Waals surface area contributed by atoms with Crippen molar-refractivity contribution in [2.75, 3.05) is 13.2 Å². The van der Waals surface area contributed by atoms with Crippen molar-refractivity contribution >= 4 is 5.91 Å². The number of aromatic nitrogens is 2. The van der Waals surface area contributed by atoms with Crippen molar-refractivity contribution in [3.63, 3.8) is 0 Å². The Balaban J connectivity index is 2.18. The SMILES string of the molecule is CCNC(=O)CCOc1cnn(C)c1. The smallest absolute Gasteiger partial charge is 0.223 e. The normalized spacial score (nSPS) is 9.86. The first-order valence-electron chi connectivity index (χ1n) is 4.60. The highest BCUT2D eigenvalue weighted by Crippen LogP contribution is 2.06. The third-order valence-electron chi connectivity index (χ3n) is 1.65.